The molecular weight excluding hydrogens is 478 g/mol. The number of halogens is 4. The number of benzene rings is 3. The Morgan fingerprint density at radius 2 is 1.68 bits per heavy atom. The Kier molecular flexibility index (Phi) is 6.21. The van der Waals surface area contributed by atoms with Crippen LogP contribution >= 0.6 is 46.4 Å². The van der Waals surface area contributed by atoms with Gasteiger partial charge in [0.25, 0.3) is 5.91 Å². The molecule has 1 N–H and O–H groups in total. The van der Waals surface area contributed by atoms with Gasteiger partial charge in [-0.15, -0.1) is 5.10 Å². The van der Waals surface area contributed by atoms with Gasteiger partial charge in [-0.2, -0.15) is 0 Å². The molecular formula is C22H14Cl4N4O. The number of nitrogens with zero attached hydrogens (tertiary/aromatic N) is 3. The van der Waals surface area contributed by atoms with E-state index in [1.807, 2.05) is 25.1 Å². The summed E-state index contributed by atoms with van der Waals surface area (Å²) in [5.74, 6) is -0.124. The Labute approximate surface area is 198 Å². The molecule has 0 spiro atoms. The van der Waals surface area contributed by atoms with E-state index in [0.29, 0.717) is 42.9 Å². The molecule has 3 aromatic carbocycles. The minimum Gasteiger partial charge on any atom is -0.318 e. The maximum Gasteiger partial charge on any atom is 0.295 e. The van der Waals surface area contributed by atoms with E-state index in [1.54, 1.807) is 42.5 Å². The van der Waals surface area contributed by atoms with Crippen molar-refractivity contribution in [1.29, 1.82) is 0 Å². The molecule has 31 heavy (non-hydrogen) atoms. The van der Waals surface area contributed by atoms with Crippen LogP contribution in [0.2, 0.25) is 20.1 Å². The molecule has 0 unspecified atom stereocenters. The van der Waals surface area contributed by atoms with Gasteiger partial charge in [0.05, 0.1) is 26.4 Å². The van der Waals surface area contributed by atoms with Crippen molar-refractivity contribution in [3.63, 3.8) is 0 Å². The van der Waals surface area contributed by atoms with Crippen LogP contribution in [0.4, 0.5) is 5.69 Å². The molecule has 0 bridgehead atoms. The topological polar surface area (TPSA) is 59.8 Å². The largest absolute Gasteiger partial charge is 0.318 e. The third-order valence-electron chi connectivity index (χ3n) is 4.50. The minimum atomic E-state index is -0.502. The fraction of sp³-hybridized carbons (Fsp3) is 0.0455. The highest BCUT2D eigenvalue weighted by molar-refractivity contribution is 6.42. The van der Waals surface area contributed by atoms with Crippen LogP contribution in [-0.4, -0.2) is 20.7 Å². The number of para-hydroxylation sites is 1. The molecule has 0 fully saturated rings. The van der Waals surface area contributed by atoms with Crippen LogP contribution in [0.3, 0.4) is 0 Å². The van der Waals surface area contributed by atoms with Crippen LogP contribution in [0.25, 0.3) is 17.1 Å². The van der Waals surface area contributed by atoms with Gasteiger partial charge in [-0.05, 0) is 48.9 Å². The van der Waals surface area contributed by atoms with Crippen LogP contribution in [-0.2, 0) is 0 Å². The van der Waals surface area contributed by atoms with E-state index in [9.17, 15) is 4.79 Å². The fourth-order valence-corrected chi connectivity index (χ4v) is 3.73. The number of carbonyl (C=O) groups is 1. The third kappa shape index (κ3) is 4.55. The van der Waals surface area contributed by atoms with E-state index in [0.717, 1.165) is 5.56 Å². The Morgan fingerprint density at radius 1 is 0.903 bits per heavy atom. The van der Waals surface area contributed by atoms with Crippen LogP contribution in [0.5, 0.6) is 0 Å². The van der Waals surface area contributed by atoms with Gasteiger partial charge in [-0.25, -0.2) is 9.67 Å². The molecule has 0 saturated heterocycles. The van der Waals surface area contributed by atoms with E-state index in [-0.39, 0.29) is 5.82 Å². The van der Waals surface area contributed by atoms with Crippen molar-refractivity contribution >= 4 is 58.0 Å². The second kappa shape index (κ2) is 8.89. The van der Waals surface area contributed by atoms with Crippen molar-refractivity contribution < 1.29 is 4.79 Å². The average Bonchev–Trinajstić information content (AvgIpc) is 3.18. The van der Waals surface area contributed by atoms with E-state index in [1.165, 1.54) is 4.68 Å². The first-order chi connectivity index (χ1) is 14.8. The number of amides is 1. The standard InChI is InChI=1S/C22H14Cl4N4O/c1-12-4-2-7-17(25)19(12)27-22(31)20-28-21(13-5-3-6-14(23)10-13)30(29-20)15-8-9-16(24)18(26)11-15/h2-11H,1H3,(H,27,31). The van der Waals surface area contributed by atoms with Crippen LogP contribution in [0, 0.1) is 6.92 Å². The Bertz CT molecular complexity index is 1280. The lowest BCUT2D eigenvalue weighted by molar-refractivity contribution is 0.101. The molecule has 5 nitrogen and oxygen atoms in total. The number of hydrogen-bond donors (Lipinski definition) is 1. The van der Waals surface area contributed by atoms with Crippen molar-refractivity contribution in [2.75, 3.05) is 5.32 Å². The van der Waals surface area contributed by atoms with Crippen molar-refractivity contribution in [3.8, 4) is 17.1 Å². The number of carbonyl (C=O) groups excluding carboxylic acids is 1. The molecule has 0 radical (unpaired) electrons. The van der Waals surface area contributed by atoms with E-state index >= 15 is 0 Å². The van der Waals surface area contributed by atoms with Crippen LogP contribution in [0.15, 0.2) is 60.7 Å². The maximum atomic E-state index is 13.0. The SMILES string of the molecule is Cc1cccc(Cl)c1NC(=O)c1nc(-c2cccc(Cl)c2)n(-c2ccc(Cl)c(Cl)c2)n1. The highest BCUT2D eigenvalue weighted by Gasteiger charge is 2.21. The molecule has 0 saturated carbocycles. The van der Waals surface area contributed by atoms with Crippen molar-refractivity contribution in [2.24, 2.45) is 0 Å². The molecule has 9 heteroatoms. The Morgan fingerprint density at radius 3 is 2.39 bits per heavy atom. The molecule has 4 rings (SSSR count). The van der Waals surface area contributed by atoms with Crippen molar-refractivity contribution in [3.05, 3.63) is 92.1 Å². The predicted molar refractivity (Wildman–Crippen MR) is 126 cm³/mol. The number of rotatable bonds is 4. The fourth-order valence-electron chi connectivity index (χ4n) is 2.98. The lowest BCUT2D eigenvalue weighted by Crippen LogP contribution is -2.15. The predicted octanol–water partition coefficient (Wildman–Crippen LogP) is 7.11. The zero-order chi connectivity index (χ0) is 22.1. The first-order valence-electron chi connectivity index (χ1n) is 9.08. The van der Waals surface area contributed by atoms with Gasteiger partial charge in [0.2, 0.25) is 5.82 Å². The average molecular weight is 492 g/mol. The number of aryl methyl sites for hydroxylation is 1. The van der Waals surface area contributed by atoms with E-state index in [2.05, 4.69) is 15.4 Å². The Hall–Kier alpha value is -2.57. The molecule has 0 atom stereocenters. The molecule has 156 valence electrons. The first kappa shape index (κ1) is 21.7. The molecule has 4 aromatic rings. The second-order valence-electron chi connectivity index (χ2n) is 6.67. The highest BCUT2D eigenvalue weighted by atomic mass is 35.5. The minimum absolute atomic E-state index is 0.0413. The normalized spacial score (nSPS) is 10.9. The molecule has 1 heterocycles. The summed E-state index contributed by atoms with van der Waals surface area (Å²) in [5.41, 5.74) is 2.59. The van der Waals surface area contributed by atoms with Crippen LogP contribution < -0.4 is 5.32 Å². The van der Waals surface area contributed by atoms with E-state index in [4.69, 9.17) is 46.4 Å². The lowest BCUT2D eigenvalue weighted by atomic mass is 10.2. The van der Waals surface area contributed by atoms with Gasteiger partial charge in [-0.1, -0.05) is 70.7 Å². The second-order valence-corrected chi connectivity index (χ2v) is 8.32. The molecule has 0 aliphatic carbocycles. The zero-order valence-electron chi connectivity index (χ0n) is 16.0. The number of anilines is 1. The van der Waals surface area contributed by atoms with Gasteiger partial charge in [-0.3, -0.25) is 4.79 Å². The number of nitrogens with one attached hydrogen (secondary N) is 1. The molecule has 1 amide bonds. The van der Waals surface area contributed by atoms with Gasteiger partial charge in [0.15, 0.2) is 5.82 Å². The van der Waals surface area contributed by atoms with E-state index < -0.39 is 5.91 Å². The smallest absolute Gasteiger partial charge is 0.295 e. The van der Waals surface area contributed by atoms with Crippen LogP contribution in [0.1, 0.15) is 16.2 Å². The third-order valence-corrected chi connectivity index (χ3v) is 5.79. The summed E-state index contributed by atoms with van der Waals surface area (Å²) in [6, 6.07) is 17.5. The summed E-state index contributed by atoms with van der Waals surface area (Å²) in [5, 5.41) is 8.91. The monoisotopic (exact) mass is 490 g/mol. The Balaban J connectivity index is 1.81. The van der Waals surface area contributed by atoms with Crippen molar-refractivity contribution in [1.82, 2.24) is 14.8 Å². The first-order valence-corrected chi connectivity index (χ1v) is 10.6. The van der Waals surface area contributed by atoms with Gasteiger partial charge >= 0.3 is 0 Å². The number of hydrogen-bond acceptors (Lipinski definition) is 3. The summed E-state index contributed by atoms with van der Waals surface area (Å²) in [7, 11) is 0. The van der Waals surface area contributed by atoms with Gasteiger partial charge < -0.3 is 5.32 Å². The quantitative estimate of drug-likeness (QED) is 0.331. The summed E-state index contributed by atoms with van der Waals surface area (Å²) < 4.78 is 1.52. The van der Waals surface area contributed by atoms with Crippen molar-refractivity contribution in [2.45, 2.75) is 6.92 Å². The maximum absolute atomic E-state index is 13.0. The van der Waals surface area contributed by atoms with Gasteiger partial charge in [0, 0.05) is 10.6 Å². The zero-order valence-corrected chi connectivity index (χ0v) is 19.1. The van der Waals surface area contributed by atoms with Gasteiger partial charge in [0.1, 0.15) is 0 Å². The summed E-state index contributed by atoms with van der Waals surface area (Å²) in [6.45, 7) is 1.85. The summed E-state index contributed by atoms with van der Waals surface area (Å²) in [6.07, 6.45) is 0. The highest BCUT2D eigenvalue weighted by Crippen LogP contribution is 2.29. The molecule has 1 aromatic heterocycles. The lowest BCUT2D eigenvalue weighted by Gasteiger charge is -2.08. The number of aromatic nitrogens is 3. The summed E-state index contributed by atoms with van der Waals surface area (Å²) >= 11 is 24.6. The molecule has 0 aliphatic heterocycles. The molecule has 0 aliphatic rings. The summed E-state index contributed by atoms with van der Waals surface area (Å²) in [4.78, 5) is 17.4.